The topological polar surface area (TPSA) is 43.6 Å². The Kier molecular flexibility index (Phi) is 5.41. The van der Waals surface area contributed by atoms with Crippen molar-refractivity contribution in [3.63, 3.8) is 0 Å². The standard InChI is InChI=1S/C27H21BrN4/c1-20-17-18-21(19-25(20)28)26-29-30-31-32(26)27(22-11-5-2-6-12-22,23-13-7-3-8-14-23)24-15-9-4-10-16-24/h2-19H,1H3. The third-order valence-corrected chi connectivity index (χ3v) is 6.65. The van der Waals surface area contributed by atoms with Crippen LogP contribution in [0.25, 0.3) is 11.4 Å². The lowest BCUT2D eigenvalue weighted by atomic mass is 9.77. The predicted octanol–water partition coefficient (Wildman–Crippen LogP) is 6.25. The Balaban J connectivity index is 1.89. The Labute approximate surface area is 195 Å². The van der Waals surface area contributed by atoms with Gasteiger partial charge >= 0.3 is 0 Å². The molecule has 0 spiro atoms. The van der Waals surface area contributed by atoms with E-state index < -0.39 is 5.54 Å². The summed E-state index contributed by atoms with van der Waals surface area (Å²) in [5.41, 5.74) is 4.60. The van der Waals surface area contributed by atoms with E-state index in [4.69, 9.17) is 0 Å². The predicted molar refractivity (Wildman–Crippen MR) is 130 cm³/mol. The van der Waals surface area contributed by atoms with Gasteiger partial charge in [-0.3, -0.25) is 0 Å². The fraction of sp³-hybridized carbons (Fsp3) is 0.0741. The Morgan fingerprint density at radius 1 is 0.688 bits per heavy atom. The molecule has 1 aromatic heterocycles. The maximum atomic E-state index is 4.59. The highest BCUT2D eigenvalue weighted by Gasteiger charge is 2.41. The van der Waals surface area contributed by atoms with E-state index >= 15 is 0 Å². The molecule has 5 aromatic rings. The Morgan fingerprint density at radius 2 is 1.19 bits per heavy atom. The maximum absolute atomic E-state index is 4.59. The van der Waals surface area contributed by atoms with Gasteiger partial charge in [-0.15, -0.1) is 5.10 Å². The number of aryl methyl sites for hydroxylation is 1. The molecule has 0 amide bonds. The third-order valence-electron chi connectivity index (χ3n) is 5.79. The molecule has 0 saturated carbocycles. The van der Waals surface area contributed by atoms with Gasteiger partial charge in [0, 0.05) is 10.0 Å². The molecule has 4 nitrogen and oxygen atoms in total. The molecule has 0 aliphatic rings. The molecule has 0 radical (unpaired) electrons. The average molecular weight is 481 g/mol. The molecule has 0 bridgehead atoms. The van der Waals surface area contributed by atoms with Gasteiger partial charge in [-0.2, -0.15) is 0 Å². The first-order valence-corrected chi connectivity index (χ1v) is 11.2. The minimum atomic E-state index is -0.750. The second-order valence-corrected chi connectivity index (χ2v) is 8.54. The zero-order valence-electron chi connectivity index (χ0n) is 17.6. The van der Waals surface area contributed by atoms with Gasteiger partial charge in [0.15, 0.2) is 5.82 Å². The van der Waals surface area contributed by atoms with Crippen LogP contribution in [-0.2, 0) is 5.54 Å². The number of rotatable bonds is 5. The molecule has 0 N–H and O–H groups in total. The summed E-state index contributed by atoms with van der Waals surface area (Å²) in [6, 6.07) is 37.5. The van der Waals surface area contributed by atoms with Gasteiger partial charge in [-0.1, -0.05) is 119 Å². The van der Waals surface area contributed by atoms with Crippen molar-refractivity contribution in [2.75, 3.05) is 0 Å². The van der Waals surface area contributed by atoms with E-state index in [2.05, 4.69) is 129 Å². The molecule has 0 aliphatic carbocycles. The van der Waals surface area contributed by atoms with Crippen LogP contribution in [0.5, 0.6) is 0 Å². The summed E-state index contributed by atoms with van der Waals surface area (Å²) in [6.07, 6.45) is 0. The van der Waals surface area contributed by atoms with Crippen molar-refractivity contribution in [3.05, 3.63) is 136 Å². The highest BCUT2D eigenvalue weighted by atomic mass is 79.9. The van der Waals surface area contributed by atoms with E-state index in [0.29, 0.717) is 5.82 Å². The summed E-state index contributed by atoms with van der Waals surface area (Å²) < 4.78 is 2.97. The second-order valence-electron chi connectivity index (χ2n) is 7.69. The Bertz CT molecular complexity index is 1240. The SMILES string of the molecule is Cc1ccc(-c2nnnn2C(c2ccccc2)(c2ccccc2)c2ccccc2)cc1Br. The molecule has 4 aromatic carbocycles. The Hall–Kier alpha value is -3.57. The maximum Gasteiger partial charge on any atom is 0.183 e. The molecule has 0 unspecified atom stereocenters. The molecule has 156 valence electrons. The fourth-order valence-corrected chi connectivity index (χ4v) is 4.61. The largest absolute Gasteiger partial charge is 0.206 e. The highest BCUT2D eigenvalue weighted by Crippen LogP contribution is 2.42. The van der Waals surface area contributed by atoms with Crippen molar-refractivity contribution in [3.8, 4) is 11.4 Å². The average Bonchev–Trinajstić information content (AvgIpc) is 3.34. The van der Waals surface area contributed by atoms with E-state index in [1.54, 1.807) is 0 Å². The van der Waals surface area contributed by atoms with Crippen molar-refractivity contribution >= 4 is 15.9 Å². The number of hydrogen-bond acceptors (Lipinski definition) is 3. The highest BCUT2D eigenvalue weighted by molar-refractivity contribution is 9.10. The molecule has 0 fully saturated rings. The van der Waals surface area contributed by atoms with Crippen LogP contribution in [0, 0.1) is 6.92 Å². The molecular weight excluding hydrogens is 460 g/mol. The summed E-state index contributed by atoms with van der Waals surface area (Å²) in [4.78, 5) is 0. The number of tetrazole rings is 1. The van der Waals surface area contributed by atoms with Crippen molar-refractivity contribution in [2.24, 2.45) is 0 Å². The van der Waals surface area contributed by atoms with E-state index in [1.807, 2.05) is 22.9 Å². The minimum Gasteiger partial charge on any atom is -0.206 e. The molecule has 5 rings (SSSR count). The second kappa shape index (κ2) is 8.52. The smallest absolute Gasteiger partial charge is 0.183 e. The number of benzene rings is 4. The number of nitrogens with zero attached hydrogens (tertiary/aromatic N) is 4. The van der Waals surface area contributed by atoms with Crippen molar-refractivity contribution in [1.82, 2.24) is 20.2 Å². The van der Waals surface area contributed by atoms with Crippen molar-refractivity contribution in [1.29, 1.82) is 0 Å². The van der Waals surface area contributed by atoms with Crippen LogP contribution < -0.4 is 0 Å². The van der Waals surface area contributed by atoms with Gasteiger partial charge in [-0.25, -0.2) is 4.68 Å². The minimum absolute atomic E-state index is 0.697. The van der Waals surface area contributed by atoms with Gasteiger partial charge in [0.2, 0.25) is 0 Å². The van der Waals surface area contributed by atoms with E-state index in [-0.39, 0.29) is 0 Å². The van der Waals surface area contributed by atoms with Crippen molar-refractivity contribution in [2.45, 2.75) is 12.5 Å². The summed E-state index contributed by atoms with van der Waals surface area (Å²) in [5.74, 6) is 0.697. The molecular formula is C27H21BrN4. The Morgan fingerprint density at radius 3 is 1.66 bits per heavy atom. The van der Waals surface area contributed by atoms with Crippen LogP contribution in [0.4, 0.5) is 0 Å². The van der Waals surface area contributed by atoms with Crippen LogP contribution in [0.2, 0.25) is 0 Å². The number of hydrogen-bond donors (Lipinski definition) is 0. The lowest BCUT2D eigenvalue weighted by Gasteiger charge is -2.36. The third kappa shape index (κ3) is 3.35. The zero-order chi connectivity index (χ0) is 22.0. The lowest BCUT2D eigenvalue weighted by Crippen LogP contribution is -2.39. The van der Waals surface area contributed by atoms with E-state index in [9.17, 15) is 0 Å². The van der Waals surface area contributed by atoms with Crippen LogP contribution in [0.15, 0.2) is 114 Å². The normalized spacial score (nSPS) is 11.4. The first kappa shape index (κ1) is 20.3. The van der Waals surface area contributed by atoms with Crippen LogP contribution in [0.3, 0.4) is 0 Å². The summed E-state index contributed by atoms with van der Waals surface area (Å²) >= 11 is 3.66. The first-order chi connectivity index (χ1) is 15.7. The van der Waals surface area contributed by atoms with Crippen LogP contribution in [-0.4, -0.2) is 20.2 Å². The van der Waals surface area contributed by atoms with Crippen molar-refractivity contribution < 1.29 is 0 Å². The molecule has 32 heavy (non-hydrogen) atoms. The number of aromatic nitrogens is 4. The quantitative estimate of drug-likeness (QED) is 0.279. The number of halogens is 1. The van der Waals surface area contributed by atoms with Gasteiger partial charge in [0.25, 0.3) is 0 Å². The molecule has 0 saturated heterocycles. The first-order valence-electron chi connectivity index (χ1n) is 10.4. The van der Waals surface area contributed by atoms with Gasteiger partial charge in [0.1, 0.15) is 5.54 Å². The summed E-state index contributed by atoms with van der Waals surface area (Å²) in [6.45, 7) is 2.07. The monoisotopic (exact) mass is 480 g/mol. The lowest BCUT2D eigenvalue weighted by molar-refractivity contribution is 0.451. The van der Waals surface area contributed by atoms with Crippen LogP contribution in [0.1, 0.15) is 22.3 Å². The summed E-state index contributed by atoms with van der Waals surface area (Å²) in [7, 11) is 0. The summed E-state index contributed by atoms with van der Waals surface area (Å²) in [5, 5.41) is 13.2. The molecule has 5 heteroatoms. The fourth-order valence-electron chi connectivity index (χ4n) is 4.23. The van der Waals surface area contributed by atoms with E-state index in [0.717, 1.165) is 32.3 Å². The van der Waals surface area contributed by atoms with Gasteiger partial charge in [-0.05, 0) is 45.7 Å². The molecule has 1 heterocycles. The van der Waals surface area contributed by atoms with E-state index in [1.165, 1.54) is 0 Å². The van der Waals surface area contributed by atoms with Gasteiger partial charge < -0.3 is 0 Å². The molecule has 0 aliphatic heterocycles. The van der Waals surface area contributed by atoms with Crippen LogP contribution >= 0.6 is 15.9 Å². The molecule has 0 atom stereocenters. The van der Waals surface area contributed by atoms with Gasteiger partial charge in [0.05, 0.1) is 0 Å². The zero-order valence-corrected chi connectivity index (χ0v) is 19.1.